The second-order valence-corrected chi connectivity index (χ2v) is 4.65. The molecule has 7 heteroatoms. The van der Waals surface area contributed by atoms with E-state index in [2.05, 4.69) is 5.32 Å². The molecule has 0 aliphatic carbocycles. The zero-order valence-electron chi connectivity index (χ0n) is 10.6. The lowest BCUT2D eigenvalue weighted by molar-refractivity contribution is -0.384. The molecule has 1 aliphatic heterocycles. The summed E-state index contributed by atoms with van der Waals surface area (Å²) in [6.45, 7) is 2.46. The molecule has 1 aromatic rings. The van der Waals surface area contributed by atoms with Gasteiger partial charge in [0.1, 0.15) is 5.75 Å². The maximum atomic E-state index is 12.0. The average Bonchev–Trinajstić information content (AvgIpc) is 2.35. The van der Waals surface area contributed by atoms with Gasteiger partial charge < -0.3 is 14.8 Å². The van der Waals surface area contributed by atoms with Crippen molar-refractivity contribution in [2.75, 3.05) is 25.6 Å². The number of hydrogen-bond acceptors (Lipinski definition) is 5. The first-order valence-corrected chi connectivity index (χ1v) is 5.68. The normalized spacial score (nSPS) is 16.3. The van der Waals surface area contributed by atoms with Gasteiger partial charge in [-0.05, 0) is 13.0 Å². The molecule has 0 spiro atoms. The Labute approximate surface area is 109 Å². The van der Waals surface area contributed by atoms with Crippen molar-refractivity contribution < 1.29 is 19.2 Å². The highest BCUT2D eigenvalue weighted by Crippen LogP contribution is 2.33. The summed E-state index contributed by atoms with van der Waals surface area (Å²) >= 11 is 0. The zero-order chi connectivity index (χ0) is 14.0. The van der Waals surface area contributed by atoms with Crippen LogP contribution in [-0.4, -0.2) is 31.2 Å². The highest BCUT2D eigenvalue weighted by Gasteiger charge is 2.41. The van der Waals surface area contributed by atoms with Gasteiger partial charge in [0, 0.05) is 12.1 Å². The quantitative estimate of drug-likeness (QED) is 0.660. The van der Waals surface area contributed by atoms with E-state index in [0.717, 1.165) is 0 Å². The molecule has 7 nitrogen and oxygen atoms in total. The van der Waals surface area contributed by atoms with Crippen LogP contribution in [0.2, 0.25) is 0 Å². The fourth-order valence-electron chi connectivity index (χ4n) is 1.72. The molecule has 1 fully saturated rings. The standard InChI is InChI=1S/C12H14N2O5/c1-12(6-19-7-12)11(15)13-9-5-8(14(16)17)3-4-10(9)18-2/h3-5H,6-7H2,1-2H3,(H,13,15). The first-order chi connectivity index (χ1) is 8.96. The molecule has 0 saturated carbocycles. The number of carbonyl (C=O) groups is 1. The third-order valence-corrected chi connectivity index (χ3v) is 3.03. The van der Waals surface area contributed by atoms with E-state index in [1.807, 2.05) is 0 Å². The number of benzene rings is 1. The molecule has 0 radical (unpaired) electrons. The predicted octanol–water partition coefficient (Wildman–Crippen LogP) is 1.58. The molecule has 2 rings (SSSR count). The fraction of sp³-hybridized carbons (Fsp3) is 0.417. The number of carbonyl (C=O) groups excluding carboxylic acids is 1. The Morgan fingerprint density at radius 2 is 2.21 bits per heavy atom. The number of amides is 1. The number of methoxy groups -OCH3 is 1. The van der Waals surface area contributed by atoms with E-state index >= 15 is 0 Å². The highest BCUT2D eigenvalue weighted by atomic mass is 16.6. The van der Waals surface area contributed by atoms with Crippen molar-refractivity contribution in [1.82, 2.24) is 0 Å². The average molecular weight is 266 g/mol. The molecule has 1 aromatic carbocycles. The van der Waals surface area contributed by atoms with E-state index in [9.17, 15) is 14.9 Å². The zero-order valence-corrected chi connectivity index (χ0v) is 10.6. The van der Waals surface area contributed by atoms with Crippen LogP contribution in [0.5, 0.6) is 5.75 Å². The van der Waals surface area contributed by atoms with Gasteiger partial charge in [-0.2, -0.15) is 0 Å². The molecule has 0 aromatic heterocycles. The van der Waals surface area contributed by atoms with Crippen LogP contribution in [0, 0.1) is 15.5 Å². The maximum Gasteiger partial charge on any atom is 0.271 e. The van der Waals surface area contributed by atoms with Crippen LogP contribution in [0.1, 0.15) is 6.92 Å². The van der Waals surface area contributed by atoms with Crippen molar-refractivity contribution in [3.05, 3.63) is 28.3 Å². The summed E-state index contributed by atoms with van der Waals surface area (Å²) in [6.07, 6.45) is 0. The molecule has 1 aliphatic rings. The first-order valence-electron chi connectivity index (χ1n) is 5.68. The van der Waals surface area contributed by atoms with Crippen LogP contribution in [0.4, 0.5) is 11.4 Å². The van der Waals surface area contributed by atoms with Gasteiger partial charge in [-0.1, -0.05) is 0 Å². The van der Waals surface area contributed by atoms with E-state index in [1.165, 1.54) is 25.3 Å². The summed E-state index contributed by atoms with van der Waals surface area (Å²) in [5, 5.41) is 13.4. The van der Waals surface area contributed by atoms with Crippen LogP contribution in [0.15, 0.2) is 18.2 Å². The lowest BCUT2D eigenvalue weighted by atomic mass is 9.87. The minimum atomic E-state index is -0.588. The Bertz CT molecular complexity index is 525. The Balaban J connectivity index is 2.24. The molecular formula is C12H14N2O5. The molecular weight excluding hydrogens is 252 g/mol. The Hall–Kier alpha value is -2.15. The number of nitrogens with one attached hydrogen (secondary N) is 1. The summed E-state index contributed by atoms with van der Waals surface area (Å²) in [6, 6.07) is 4.05. The monoisotopic (exact) mass is 266 g/mol. The summed E-state index contributed by atoms with van der Waals surface area (Å²) in [5.41, 5.74) is -0.406. The number of ether oxygens (including phenoxy) is 2. The molecule has 0 atom stereocenters. The Morgan fingerprint density at radius 1 is 1.53 bits per heavy atom. The van der Waals surface area contributed by atoms with Crippen molar-refractivity contribution in [1.29, 1.82) is 0 Å². The highest BCUT2D eigenvalue weighted by molar-refractivity contribution is 5.97. The third-order valence-electron chi connectivity index (χ3n) is 3.03. The summed E-state index contributed by atoms with van der Waals surface area (Å²) in [7, 11) is 1.44. The number of nitro benzene ring substituents is 1. The van der Waals surface area contributed by atoms with E-state index in [0.29, 0.717) is 19.0 Å². The maximum absolute atomic E-state index is 12.0. The third kappa shape index (κ3) is 2.50. The lowest BCUT2D eigenvalue weighted by Crippen LogP contribution is -2.49. The molecule has 0 unspecified atom stereocenters. The van der Waals surface area contributed by atoms with E-state index < -0.39 is 10.3 Å². The second-order valence-electron chi connectivity index (χ2n) is 4.65. The molecule has 1 saturated heterocycles. The first kappa shape index (κ1) is 13.3. The molecule has 102 valence electrons. The Morgan fingerprint density at radius 3 is 2.68 bits per heavy atom. The van der Waals surface area contributed by atoms with Crippen molar-refractivity contribution in [3.8, 4) is 5.75 Å². The number of nitrogens with zero attached hydrogens (tertiary/aromatic N) is 1. The number of non-ortho nitro benzene ring substituents is 1. The molecule has 1 amide bonds. The van der Waals surface area contributed by atoms with E-state index in [1.54, 1.807) is 6.92 Å². The van der Waals surface area contributed by atoms with Crippen LogP contribution < -0.4 is 10.1 Å². The molecule has 1 heterocycles. The topological polar surface area (TPSA) is 90.7 Å². The van der Waals surface area contributed by atoms with Crippen LogP contribution in [0.25, 0.3) is 0 Å². The summed E-state index contributed by atoms with van der Waals surface area (Å²) < 4.78 is 10.1. The molecule has 1 N–H and O–H groups in total. The number of rotatable bonds is 4. The lowest BCUT2D eigenvalue weighted by Gasteiger charge is -2.36. The van der Waals surface area contributed by atoms with Gasteiger partial charge in [0.25, 0.3) is 5.69 Å². The van der Waals surface area contributed by atoms with E-state index in [-0.39, 0.29) is 17.3 Å². The largest absolute Gasteiger partial charge is 0.495 e. The van der Waals surface area contributed by atoms with Crippen molar-refractivity contribution in [2.45, 2.75) is 6.92 Å². The summed E-state index contributed by atoms with van der Waals surface area (Å²) in [5.74, 6) is 0.139. The predicted molar refractivity (Wildman–Crippen MR) is 67.2 cm³/mol. The second kappa shape index (κ2) is 4.85. The SMILES string of the molecule is COc1ccc([N+](=O)[O-])cc1NC(=O)C1(C)COC1. The van der Waals surface area contributed by atoms with Crippen LogP contribution in [-0.2, 0) is 9.53 Å². The van der Waals surface area contributed by atoms with Gasteiger partial charge in [-0.3, -0.25) is 14.9 Å². The van der Waals surface area contributed by atoms with Crippen molar-refractivity contribution >= 4 is 17.3 Å². The van der Waals surface area contributed by atoms with Crippen LogP contribution >= 0.6 is 0 Å². The molecule has 19 heavy (non-hydrogen) atoms. The van der Waals surface area contributed by atoms with Crippen molar-refractivity contribution in [3.63, 3.8) is 0 Å². The smallest absolute Gasteiger partial charge is 0.271 e. The van der Waals surface area contributed by atoms with Gasteiger partial charge >= 0.3 is 0 Å². The number of hydrogen-bond donors (Lipinski definition) is 1. The fourth-order valence-corrected chi connectivity index (χ4v) is 1.72. The van der Waals surface area contributed by atoms with Gasteiger partial charge in [-0.25, -0.2) is 0 Å². The minimum absolute atomic E-state index is 0.105. The van der Waals surface area contributed by atoms with E-state index in [4.69, 9.17) is 9.47 Å². The van der Waals surface area contributed by atoms with Gasteiger partial charge in [0.2, 0.25) is 5.91 Å². The summed E-state index contributed by atoms with van der Waals surface area (Å²) in [4.78, 5) is 22.3. The Kier molecular flexibility index (Phi) is 3.39. The minimum Gasteiger partial charge on any atom is -0.495 e. The van der Waals surface area contributed by atoms with Gasteiger partial charge in [0.15, 0.2) is 0 Å². The van der Waals surface area contributed by atoms with Gasteiger partial charge in [0.05, 0.1) is 36.3 Å². The number of nitro groups is 1. The molecule has 0 bridgehead atoms. The van der Waals surface area contributed by atoms with Crippen molar-refractivity contribution in [2.24, 2.45) is 5.41 Å². The number of anilines is 1. The van der Waals surface area contributed by atoms with Crippen LogP contribution in [0.3, 0.4) is 0 Å². The van der Waals surface area contributed by atoms with Gasteiger partial charge in [-0.15, -0.1) is 0 Å².